The van der Waals surface area contributed by atoms with Gasteiger partial charge in [0.05, 0.1) is 18.0 Å². The Kier molecular flexibility index (Phi) is 5.70. The molecule has 0 unspecified atom stereocenters. The lowest BCUT2D eigenvalue weighted by atomic mass is 9.99. The highest BCUT2D eigenvalue weighted by atomic mass is 35.5. The Balaban J connectivity index is 1.96. The fourth-order valence-electron chi connectivity index (χ4n) is 4.40. The Hall–Kier alpha value is -2.58. The maximum absolute atomic E-state index is 15.7. The van der Waals surface area contributed by atoms with Gasteiger partial charge < -0.3 is 25.0 Å². The van der Waals surface area contributed by atoms with Gasteiger partial charge in [-0.15, -0.1) is 0 Å². The standard InChI is InChI=1S/C22H25ClFN3O4/c1-11-16-18(27(13-3-4-13)10-14(20(16)28)22(29)30)21(31-2)19(17(11)24)26-7-5-12(6-8-26)15(23)9-25/h10,13H,3-9,25H2,1-2H3,(H,29,30). The van der Waals surface area contributed by atoms with Gasteiger partial charge in [0, 0.05) is 42.5 Å². The summed E-state index contributed by atoms with van der Waals surface area (Å²) in [5.41, 5.74) is 6.54. The molecule has 2 heterocycles. The predicted octanol–water partition coefficient (Wildman–Crippen LogP) is 3.54. The minimum absolute atomic E-state index is 0.0621. The van der Waals surface area contributed by atoms with Crippen molar-refractivity contribution in [3.8, 4) is 5.75 Å². The van der Waals surface area contributed by atoms with E-state index in [9.17, 15) is 14.7 Å². The van der Waals surface area contributed by atoms with Crippen LogP contribution in [-0.2, 0) is 0 Å². The highest BCUT2D eigenvalue weighted by Gasteiger charge is 2.33. The SMILES string of the molecule is COc1c(N2CCC(=C(Cl)CN)CC2)c(F)c(C)c2c(=O)c(C(=O)O)cn(C3CC3)c12. The first-order valence-corrected chi connectivity index (χ1v) is 10.7. The van der Waals surface area contributed by atoms with E-state index in [1.807, 2.05) is 4.90 Å². The average molecular weight is 450 g/mol. The summed E-state index contributed by atoms with van der Waals surface area (Å²) in [4.78, 5) is 26.5. The van der Waals surface area contributed by atoms with Crippen LogP contribution < -0.4 is 20.8 Å². The molecule has 2 aliphatic rings. The zero-order chi connectivity index (χ0) is 22.4. The molecular formula is C22H25ClFN3O4. The average Bonchev–Trinajstić information content (AvgIpc) is 3.60. The highest BCUT2D eigenvalue weighted by molar-refractivity contribution is 6.30. The van der Waals surface area contributed by atoms with E-state index in [4.69, 9.17) is 22.1 Å². The van der Waals surface area contributed by atoms with Crippen molar-refractivity contribution in [1.82, 2.24) is 4.57 Å². The maximum atomic E-state index is 15.7. The van der Waals surface area contributed by atoms with Gasteiger partial charge in [-0.3, -0.25) is 4.79 Å². The molecule has 0 bridgehead atoms. The number of aromatic carboxylic acids is 1. The summed E-state index contributed by atoms with van der Waals surface area (Å²) < 4.78 is 23.1. The van der Waals surface area contributed by atoms with E-state index < -0.39 is 17.2 Å². The number of hydrogen-bond acceptors (Lipinski definition) is 5. The third kappa shape index (κ3) is 3.57. The second-order valence-electron chi connectivity index (χ2n) is 8.06. The Morgan fingerprint density at radius 3 is 2.52 bits per heavy atom. The molecule has 1 aromatic heterocycles. The second kappa shape index (κ2) is 8.16. The number of aryl methyl sites for hydroxylation is 1. The van der Waals surface area contributed by atoms with Crippen molar-refractivity contribution >= 4 is 34.2 Å². The van der Waals surface area contributed by atoms with E-state index in [0.29, 0.717) is 42.2 Å². The van der Waals surface area contributed by atoms with E-state index in [2.05, 4.69) is 0 Å². The molecule has 0 spiro atoms. The summed E-state index contributed by atoms with van der Waals surface area (Å²) in [6, 6.07) is 0.0621. The van der Waals surface area contributed by atoms with Crippen molar-refractivity contribution in [3.63, 3.8) is 0 Å². The Labute approximate surface area is 183 Å². The minimum atomic E-state index is -1.32. The Morgan fingerprint density at radius 1 is 1.35 bits per heavy atom. The summed E-state index contributed by atoms with van der Waals surface area (Å²) in [5.74, 6) is -1.63. The minimum Gasteiger partial charge on any atom is -0.492 e. The number of pyridine rings is 1. The van der Waals surface area contributed by atoms with Gasteiger partial charge in [0.25, 0.3) is 0 Å². The summed E-state index contributed by atoms with van der Waals surface area (Å²) >= 11 is 6.20. The number of fused-ring (bicyclic) bond motifs is 1. The number of carbonyl (C=O) groups is 1. The molecular weight excluding hydrogens is 425 g/mol. The molecule has 1 saturated heterocycles. The zero-order valence-corrected chi connectivity index (χ0v) is 18.3. The van der Waals surface area contributed by atoms with Gasteiger partial charge in [-0.2, -0.15) is 0 Å². The number of benzene rings is 1. The van der Waals surface area contributed by atoms with Crippen molar-refractivity contribution in [2.75, 3.05) is 31.6 Å². The highest BCUT2D eigenvalue weighted by Crippen LogP contribution is 2.45. The molecule has 1 saturated carbocycles. The van der Waals surface area contributed by atoms with Crippen LogP contribution in [0.1, 0.15) is 47.6 Å². The molecule has 31 heavy (non-hydrogen) atoms. The number of halogens is 2. The third-order valence-electron chi connectivity index (χ3n) is 6.20. The quantitative estimate of drug-likeness (QED) is 0.724. The molecule has 4 rings (SSSR count). The molecule has 0 atom stereocenters. The predicted molar refractivity (Wildman–Crippen MR) is 118 cm³/mol. The number of carboxylic acid groups (broad SMARTS) is 1. The first-order valence-electron chi connectivity index (χ1n) is 10.3. The molecule has 3 N–H and O–H groups in total. The monoisotopic (exact) mass is 449 g/mol. The number of piperidine rings is 1. The number of hydrogen-bond donors (Lipinski definition) is 2. The fraction of sp³-hybridized carbons (Fsp3) is 0.455. The molecule has 1 aromatic carbocycles. The first kappa shape index (κ1) is 21.6. The van der Waals surface area contributed by atoms with Gasteiger partial charge >= 0.3 is 5.97 Å². The summed E-state index contributed by atoms with van der Waals surface area (Å²) in [6.45, 7) is 2.87. The molecule has 0 amide bonds. The number of carboxylic acids is 1. The summed E-state index contributed by atoms with van der Waals surface area (Å²) in [5, 5.41) is 10.2. The van der Waals surface area contributed by atoms with Crippen molar-refractivity contribution in [2.24, 2.45) is 5.73 Å². The zero-order valence-electron chi connectivity index (χ0n) is 17.5. The van der Waals surface area contributed by atoms with E-state index in [-0.39, 0.29) is 34.8 Å². The number of methoxy groups -OCH3 is 1. The molecule has 0 radical (unpaired) electrons. The fourth-order valence-corrected chi connectivity index (χ4v) is 4.59. The number of nitrogens with two attached hydrogens (primary N) is 1. The van der Waals surface area contributed by atoms with Crippen molar-refractivity contribution in [1.29, 1.82) is 0 Å². The van der Waals surface area contributed by atoms with Gasteiger partial charge in [0.2, 0.25) is 5.43 Å². The number of rotatable bonds is 5. The van der Waals surface area contributed by atoms with Gasteiger partial charge in [0.1, 0.15) is 11.3 Å². The lowest BCUT2D eigenvalue weighted by Gasteiger charge is -2.33. The van der Waals surface area contributed by atoms with Crippen molar-refractivity contribution < 1.29 is 19.0 Å². The molecule has 2 fully saturated rings. The van der Waals surface area contributed by atoms with Gasteiger partial charge in [-0.05, 0) is 32.6 Å². The van der Waals surface area contributed by atoms with Gasteiger partial charge in [-0.1, -0.05) is 17.2 Å². The van der Waals surface area contributed by atoms with E-state index in [0.717, 1.165) is 18.4 Å². The first-order chi connectivity index (χ1) is 14.8. The number of aromatic nitrogens is 1. The van der Waals surface area contributed by atoms with Gasteiger partial charge in [-0.25, -0.2) is 9.18 Å². The van der Waals surface area contributed by atoms with Crippen LogP contribution in [0.3, 0.4) is 0 Å². The van der Waals surface area contributed by atoms with Crippen LogP contribution in [0.15, 0.2) is 21.6 Å². The van der Waals surface area contributed by atoms with Crippen LogP contribution in [-0.4, -0.2) is 42.4 Å². The van der Waals surface area contributed by atoms with E-state index in [1.165, 1.54) is 20.2 Å². The number of nitrogens with zero attached hydrogens (tertiary/aromatic N) is 2. The van der Waals surface area contributed by atoms with E-state index >= 15 is 4.39 Å². The molecule has 1 aliphatic heterocycles. The molecule has 7 nitrogen and oxygen atoms in total. The van der Waals surface area contributed by atoms with Crippen LogP contribution in [0.5, 0.6) is 5.75 Å². The second-order valence-corrected chi connectivity index (χ2v) is 8.52. The molecule has 2 aromatic rings. The van der Waals surface area contributed by atoms with E-state index in [1.54, 1.807) is 4.57 Å². The largest absolute Gasteiger partial charge is 0.492 e. The molecule has 9 heteroatoms. The van der Waals surface area contributed by atoms with Crippen LogP contribution in [0.4, 0.5) is 10.1 Å². The lowest BCUT2D eigenvalue weighted by Crippen LogP contribution is -2.33. The topological polar surface area (TPSA) is 97.8 Å². The Bertz CT molecular complexity index is 1160. The van der Waals surface area contributed by atoms with Crippen LogP contribution in [0.2, 0.25) is 0 Å². The van der Waals surface area contributed by atoms with Gasteiger partial charge in [0.15, 0.2) is 11.6 Å². The smallest absolute Gasteiger partial charge is 0.341 e. The summed E-state index contributed by atoms with van der Waals surface area (Å²) in [7, 11) is 1.44. The maximum Gasteiger partial charge on any atom is 0.341 e. The number of ether oxygens (including phenoxy) is 1. The van der Waals surface area contributed by atoms with Crippen molar-refractivity contribution in [3.05, 3.63) is 44.0 Å². The van der Waals surface area contributed by atoms with Crippen LogP contribution in [0, 0.1) is 12.7 Å². The Morgan fingerprint density at radius 2 is 2.00 bits per heavy atom. The number of anilines is 1. The normalized spacial score (nSPS) is 16.7. The molecule has 166 valence electrons. The van der Waals surface area contributed by atoms with Crippen molar-refractivity contribution in [2.45, 2.75) is 38.6 Å². The van der Waals surface area contributed by atoms with Crippen LogP contribution >= 0.6 is 11.6 Å². The lowest BCUT2D eigenvalue weighted by molar-refractivity contribution is 0.0695. The summed E-state index contributed by atoms with van der Waals surface area (Å²) in [6.07, 6.45) is 4.40. The van der Waals surface area contributed by atoms with Crippen LogP contribution in [0.25, 0.3) is 10.9 Å². The molecule has 1 aliphatic carbocycles. The third-order valence-corrected chi connectivity index (χ3v) is 6.62.